The molecule has 0 bridgehead atoms. The summed E-state index contributed by atoms with van der Waals surface area (Å²) in [6, 6.07) is 12.3. The van der Waals surface area contributed by atoms with Crippen LogP contribution >= 0.6 is 0 Å². The highest BCUT2D eigenvalue weighted by molar-refractivity contribution is 7.89. The Hall–Kier alpha value is -3.44. The van der Waals surface area contributed by atoms with Crippen molar-refractivity contribution in [2.75, 3.05) is 24.3 Å². The third kappa shape index (κ3) is 7.67. The molecule has 1 unspecified atom stereocenters. The van der Waals surface area contributed by atoms with Gasteiger partial charge < -0.3 is 20.1 Å². The summed E-state index contributed by atoms with van der Waals surface area (Å²) in [7, 11) is -2.35. The number of benzene rings is 2. The lowest BCUT2D eigenvalue weighted by Crippen LogP contribution is -2.32. The Balaban J connectivity index is 1.81. The smallest absolute Gasteiger partial charge is 0.307 e. The van der Waals surface area contributed by atoms with E-state index in [1.165, 1.54) is 45.2 Å². The molecule has 0 heterocycles. The molecular weight excluding hydrogens is 438 g/mol. The number of nitrogens with one attached hydrogen (secondary N) is 3. The number of hydrogen-bond donors (Lipinski definition) is 3. The Morgan fingerprint density at radius 3 is 2.31 bits per heavy atom. The SMILES string of the molecule is COc1cccc(NC(=O)C(C)OC(=O)CCNS(=O)(=O)c2ccc(NC(C)=O)cc2)c1. The van der Waals surface area contributed by atoms with Gasteiger partial charge in [0.15, 0.2) is 6.10 Å². The number of ether oxygens (including phenoxy) is 2. The minimum atomic E-state index is -3.85. The standard InChI is InChI=1S/C21H25N3O7S/c1-14(21(27)24-17-5-4-6-18(13-17)30-3)31-20(26)11-12-22-32(28,29)19-9-7-16(8-10-19)23-15(2)25/h4-10,13-14,22H,11-12H2,1-3H3,(H,23,25)(H,24,27). The van der Waals surface area contributed by atoms with Crippen LogP contribution in [0.25, 0.3) is 0 Å². The molecule has 0 radical (unpaired) electrons. The normalized spacial score (nSPS) is 11.8. The van der Waals surface area contributed by atoms with Gasteiger partial charge in [-0.15, -0.1) is 0 Å². The Bertz CT molecular complexity index is 1070. The molecule has 0 saturated carbocycles. The molecule has 2 rings (SSSR count). The summed E-state index contributed by atoms with van der Waals surface area (Å²) < 4.78 is 37.0. The Labute approximate surface area is 186 Å². The summed E-state index contributed by atoms with van der Waals surface area (Å²) in [6.45, 7) is 2.54. The van der Waals surface area contributed by atoms with E-state index in [2.05, 4.69) is 15.4 Å². The van der Waals surface area contributed by atoms with E-state index in [0.29, 0.717) is 17.1 Å². The molecule has 2 aromatic rings. The van der Waals surface area contributed by atoms with E-state index in [0.717, 1.165) is 0 Å². The first-order chi connectivity index (χ1) is 15.1. The van der Waals surface area contributed by atoms with Gasteiger partial charge in [0.25, 0.3) is 5.91 Å². The zero-order valence-corrected chi connectivity index (χ0v) is 18.7. The van der Waals surface area contributed by atoms with Crippen LogP contribution in [-0.4, -0.2) is 46.0 Å². The number of sulfonamides is 1. The predicted molar refractivity (Wildman–Crippen MR) is 118 cm³/mol. The highest BCUT2D eigenvalue weighted by Gasteiger charge is 2.19. The number of carbonyl (C=O) groups is 3. The maximum absolute atomic E-state index is 12.3. The van der Waals surface area contributed by atoms with Crippen molar-refractivity contribution in [2.45, 2.75) is 31.3 Å². The molecule has 0 aliphatic heterocycles. The quantitative estimate of drug-likeness (QED) is 0.457. The second-order valence-corrected chi connectivity index (χ2v) is 8.47. The Morgan fingerprint density at radius 2 is 1.69 bits per heavy atom. The van der Waals surface area contributed by atoms with E-state index in [1.54, 1.807) is 24.3 Å². The number of rotatable bonds is 10. The van der Waals surface area contributed by atoms with Crippen LogP contribution in [0.4, 0.5) is 11.4 Å². The Kier molecular flexibility index (Phi) is 8.73. The first kappa shape index (κ1) is 24.8. The fourth-order valence-corrected chi connectivity index (χ4v) is 3.58. The van der Waals surface area contributed by atoms with Gasteiger partial charge in [-0.05, 0) is 43.3 Å². The first-order valence-electron chi connectivity index (χ1n) is 9.62. The van der Waals surface area contributed by atoms with E-state index in [9.17, 15) is 22.8 Å². The van der Waals surface area contributed by atoms with E-state index in [1.807, 2.05) is 0 Å². The molecule has 172 valence electrons. The topological polar surface area (TPSA) is 140 Å². The monoisotopic (exact) mass is 463 g/mol. The van der Waals surface area contributed by atoms with Gasteiger partial charge in [0.2, 0.25) is 15.9 Å². The summed E-state index contributed by atoms with van der Waals surface area (Å²) in [5.74, 6) is -0.985. The van der Waals surface area contributed by atoms with Gasteiger partial charge >= 0.3 is 5.97 Å². The van der Waals surface area contributed by atoms with Gasteiger partial charge in [-0.1, -0.05) is 6.07 Å². The lowest BCUT2D eigenvalue weighted by atomic mass is 10.3. The van der Waals surface area contributed by atoms with Crippen LogP contribution in [0.1, 0.15) is 20.3 Å². The molecule has 0 aromatic heterocycles. The van der Waals surface area contributed by atoms with Crippen molar-refractivity contribution in [3.8, 4) is 5.75 Å². The first-order valence-corrected chi connectivity index (χ1v) is 11.1. The highest BCUT2D eigenvalue weighted by atomic mass is 32.2. The number of methoxy groups -OCH3 is 1. The molecule has 0 spiro atoms. The predicted octanol–water partition coefficient (Wildman–Crippen LogP) is 1.89. The van der Waals surface area contributed by atoms with Crippen LogP contribution in [0.15, 0.2) is 53.4 Å². The van der Waals surface area contributed by atoms with Crippen molar-refractivity contribution < 1.29 is 32.3 Å². The van der Waals surface area contributed by atoms with Gasteiger partial charge in [0.05, 0.1) is 18.4 Å². The van der Waals surface area contributed by atoms with Crippen LogP contribution in [0.5, 0.6) is 5.75 Å². The number of anilines is 2. The lowest BCUT2D eigenvalue weighted by Gasteiger charge is -2.14. The fraction of sp³-hybridized carbons (Fsp3) is 0.286. The molecule has 2 aromatic carbocycles. The number of carbonyl (C=O) groups excluding carboxylic acids is 3. The second-order valence-electron chi connectivity index (χ2n) is 6.71. The van der Waals surface area contributed by atoms with Crippen LogP contribution in [0.3, 0.4) is 0 Å². The van der Waals surface area contributed by atoms with Gasteiger partial charge in [0.1, 0.15) is 5.75 Å². The average Bonchev–Trinajstić information content (AvgIpc) is 2.73. The molecule has 10 nitrogen and oxygen atoms in total. The van der Waals surface area contributed by atoms with Crippen LogP contribution in [0, 0.1) is 0 Å². The largest absolute Gasteiger partial charge is 0.497 e. The van der Waals surface area contributed by atoms with Crippen molar-refractivity contribution in [1.29, 1.82) is 0 Å². The molecule has 32 heavy (non-hydrogen) atoms. The van der Waals surface area contributed by atoms with Crippen molar-refractivity contribution in [1.82, 2.24) is 4.72 Å². The minimum Gasteiger partial charge on any atom is -0.497 e. The van der Waals surface area contributed by atoms with E-state index < -0.39 is 28.0 Å². The summed E-state index contributed by atoms with van der Waals surface area (Å²) in [4.78, 5) is 35.2. The van der Waals surface area contributed by atoms with Crippen molar-refractivity contribution in [2.24, 2.45) is 0 Å². The zero-order chi connectivity index (χ0) is 23.7. The molecule has 2 amide bonds. The molecule has 0 aliphatic carbocycles. The maximum Gasteiger partial charge on any atom is 0.307 e. The highest BCUT2D eigenvalue weighted by Crippen LogP contribution is 2.17. The van der Waals surface area contributed by atoms with E-state index >= 15 is 0 Å². The molecule has 3 N–H and O–H groups in total. The third-order valence-corrected chi connectivity index (χ3v) is 5.60. The van der Waals surface area contributed by atoms with Crippen LogP contribution < -0.4 is 20.1 Å². The number of esters is 1. The summed E-state index contributed by atoms with van der Waals surface area (Å²) in [5, 5.41) is 5.14. The van der Waals surface area contributed by atoms with Gasteiger partial charge in [-0.25, -0.2) is 13.1 Å². The second kappa shape index (κ2) is 11.3. The third-order valence-electron chi connectivity index (χ3n) is 4.12. The maximum atomic E-state index is 12.3. The van der Waals surface area contributed by atoms with Crippen LogP contribution in [0.2, 0.25) is 0 Å². The Morgan fingerprint density at radius 1 is 1.00 bits per heavy atom. The van der Waals surface area contributed by atoms with E-state index in [4.69, 9.17) is 9.47 Å². The molecule has 1 atom stereocenters. The van der Waals surface area contributed by atoms with Crippen molar-refractivity contribution in [3.63, 3.8) is 0 Å². The zero-order valence-electron chi connectivity index (χ0n) is 17.9. The molecular formula is C21H25N3O7S. The number of amides is 2. The van der Waals surface area contributed by atoms with Gasteiger partial charge in [-0.2, -0.15) is 0 Å². The summed E-state index contributed by atoms with van der Waals surface area (Å²) in [5.41, 5.74) is 0.941. The summed E-state index contributed by atoms with van der Waals surface area (Å²) in [6.07, 6.45) is -1.34. The molecule has 0 aliphatic rings. The van der Waals surface area contributed by atoms with Gasteiger partial charge in [0, 0.05) is 30.9 Å². The molecule has 0 saturated heterocycles. The van der Waals surface area contributed by atoms with E-state index in [-0.39, 0.29) is 23.8 Å². The lowest BCUT2D eigenvalue weighted by molar-refractivity contribution is -0.152. The average molecular weight is 464 g/mol. The summed E-state index contributed by atoms with van der Waals surface area (Å²) >= 11 is 0. The minimum absolute atomic E-state index is 0.0222. The van der Waals surface area contributed by atoms with Gasteiger partial charge in [-0.3, -0.25) is 14.4 Å². The fourth-order valence-electron chi connectivity index (χ4n) is 2.55. The molecule has 11 heteroatoms. The molecule has 0 fully saturated rings. The van der Waals surface area contributed by atoms with Crippen molar-refractivity contribution >= 4 is 39.2 Å². The van der Waals surface area contributed by atoms with Crippen molar-refractivity contribution in [3.05, 3.63) is 48.5 Å². The van der Waals surface area contributed by atoms with Crippen LogP contribution in [-0.2, 0) is 29.1 Å². The number of hydrogen-bond acceptors (Lipinski definition) is 7.